The number of aryl methyl sites for hydroxylation is 2. The topological polar surface area (TPSA) is 67.7 Å². The lowest BCUT2D eigenvalue weighted by Gasteiger charge is -2.09. The summed E-state index contributed by atoms with van der Waals surface area (Å²) in [5.74, 6) is 0.0585. The fraction of sp³-hybridized carbons (Fsp3) is 0.167. The van der Waals surface area contributed by atoms with Crippen LogP contribution in [0.1, 0.15) is 16.7 Å². The van der Waals surface area contributed by atoms with Crippen molar-refractivity contribution >= 4 is 5.84 Å². The average molecular weight is 214 g/mol. The minimum atomic E-state index is 0.0585. The summed E-state index contributed by atoms with van der Waals surface area (Å²) in [5, 5.41) is 11.8. The highest BCUT2D eigenvalue weighted by atomic mass is 15.3. The van der Waals surface area contributed by atoms with Crippen LogP contribution in [0.5, 0.6) is 0 Å². The van der Waals surface area contributed by atoms with Gasteiger partial charge in [-0.05, 0) is 37.1 Å². The Balaban J connectivity index is 2.62. The third-order valence-electron chi connectivity index (χ3n) is 2.40. The number of amidine groups is 1. The monoisotopic (exact) mass is 214 g/mol. The number of hydrogen-bond acceptors (Lipinski definition) is 2. The van der Waals surface area contributed by atoms with Crippen molar-refractivity contribution in [3.05, 3.63) is 47.3 Å². The van der Waals surface area contributed by atoms with E-state index in [1.54, 1.807) is 10.9 Å². The van der Waals surface area contributed by atoms with Gasteiger partial charge < -0.3 is 5.73 Å². The summed E-state index contributed by atoms with van der Waals surface area (Å²) in [7, 11) is 0. The van der Waals surface area contributed by atoms with E-state index in [2.05, 4.69) is 5.10 Å². The third kappa shape index (κ3) is 1.82. The highest BCUT2D eigenvalue weighted by Crippen LogP contribution is 2.16. The van der Waals surface area contributed by atoms with Gasteiger partial charge in [-0.2, -0.15) is 5.10 Å². The fourth-order valence-electron chi connectivity index (χ4n) is 1.60. The molecule has 0 aliphatic carbocycles. The molecule has 4 heteroatoms. The lowest BCUT2D eigenvalue weighted by atomic mass is 10.1. The van der Waals surface area contributed by atoms with Gasteiger partial charge in [-0.25, -0.2) is 4.68 Å². The maximum Gasteiger partial charge on any atom is 0.124 e. The molecule has 0 amide bonds. The first-order valence-electron chi connectivity index (χ1n) is 5.04. The molecular formula is C12H14N4. The smallest absolute Gasteiger partial charge is 0.124 e. The molecule has 0 aliphatic rings. The molecule has 2 aromatic rings. The Bertz CT molecular complexity index is 540. The van der Waals surface area contributed by atoms with Gasteiger partial charge in [0.2, 0.25) is 0 Å². The summed E-state index contributed by atoms with van der Waals surface area (Å²) >= 11 is 0. The predicted molar refractivity (Wildman–Crippen MR) is 64.1 cm³/mol. The van der Waals surface area contributed by atoms with Crippen molar-refractivity contribution in [2.24, 2.45) is 5.73 Å². The van der Waals surface area contributed by atoms with Crippen LogP contribution >= 0.6 is 0 Å². The van der Waals surface area contributed by atoms with Crippen molar-refractivity contribution in [2.45, 2.75) is 13.8 Å². The summed E-state index contributed by atoms with van der Waals surface area (Å²) in [6, 6.07) is 5.77. The number of rotatable bonds is 2. The van der Waals surface area contributed by atoms with E-state index < -0.39 is 0 Å². The molecule has 0 atom stereocenters. The maximum atomic E-state index is 7.54. The summed E-state index contributed by atoms with van der Waals surface area (Å²) in [5.41, 5.74) is 9.30. The van der Waals surface area contributed by atoms with Gasteiger partial charge >= 0.3 is 0 Å². The van der Waals surface area contributed by atoms with Gasteiger partial charge in [0.15, 0.2) is 0 Å². The molecule has 0 radical (unpaired) electrons. The standard InChI is InChI=1S/C12H14N4/c1-8-3-4-10(12(13)14)11(5-8)16-7-9(2)6-15-16/h3-7H,1-2H3,(H3,13,14). The number of nitrogen functional groups attached to an aromatic ring is 1. The first-order chi connectivity index (χ1) is 7.58. The number of aromatic nitrogens is 2. The Morgan fingerprint density at radius 1 is 1.31 bits per heavy atom. The van der Waals surface area contributed by atoms with E-state index >= 15 is 0 Å². The molecule has 3 N–H and O–H groups in total. The first-order valence-corrected chi connectivity index (χ1v) is 5.04. The number of benzene rings is 1. The van der Waals surface area contributed by atoms with Gasteiger partial charge in [-0.1, -0.05) is 6.07 Å². The SMILES string of the molecule is Cc1ccc(C(=N)N)c(-n2cc(C)cn2)c1. The van der Waals surface area contributed by atoms with Gasteiger partial charge in [0, 0.05) is 11.8 Å². The Morgan fingerprint density at radius 3 is 2.62 bits per heavy atom. The number of nitrogens with zero attached hydrogens (tertiary/aromatic N) is 2. The molecular weight excluding hydrogens is 200 g/mol. The fourth-order valence-corrected chi connectivity index (χ4v) is 1.60. The van der Waals surface area contributed by atoms with Gasteiger partial charge in [0.25, 0.3) is 0 Å². The highest BCUT2D eigenvalue weighted by molar-refractivity contribution is 5.98. The average Bonchev–Trinajstić information content (AvgIpc) is 2.64. The van der Waals surface area contributed by atoms with E-state index in [-0.39, 0.29) is 5.84 Å². The van der Waals surface area contributed by atoms with Crippen LogP contribution in [-0.4, -0.2) is 15.6 Å². The second-order valence-corrected chi connectivity index (χ2v) is 3.90. The normalized spacial score (nSPS) is 10.4. The van der Waals surface area contributed by atoms with Crippen LogP contribution in [0, 0.1) is 19.3 Å². The predicted octanol–water partition coefficient (Wildman–Crippen LogP) is 1.77. The molecule has 0 saturated carbocycles. The molecule has 4 nitrogen and oxygen atoms in total. The molecule has 1 aromatic heterocycles. The molecule has 0 spiro atoms. The van der Waals surface area contributed by atoms with Gasteiger partial charge in [0.05, 0.1) is 11.9 Å². The number of nitrogens with two attached hydrogens (primary N) is 1. The van der Waals surface area contributed by atoms with E-state index in [4.69, 9.17) is 11.1 Å². The summed E-state index contributed by atoms with van der Waals surface area (Å²) in [6.45, 7) is 3.98. The van der Waals surface area contributed by atoms with Gasteiger partial charge in [0.1, 0.15) is 5.84 Å². The number of nitrogens with one attached hydrogen (secondary N) is 1. The zero-order chi connectivity index (χ0) is 11.7. The molecule has 0 aliphatic heterocycles. The molecule has 0 unspecified atom stereocenters. The van der Waals surface area contributed by atoms with Gasteiger partial charge in [-0.15, -0.1) is 0 Å². The molecule has 0 saturated heterocycles. The molecule has 16 heavy (non-hydrogen) atoms. The molecule has 82 valence electrons. The zero-order valence-corrected chi connectivity index (χ0v) is 9.36. The van der Waals surface area contributed by atoms with Crippen LogP contribution in [0.25, 0.3) is 5.69 Å². The quantitative estimate of drug-likeness (QED) is 0.591. The van der Waals surface area contributed by atoms with Crippen molar-refractivity contribution in [2.75, 3.05) is 0 Å². The molecule has 0 fully saturated rings. The van der Waals surface area contributed by atoms with E-state index in [0.717, 1.165) is 16.8 Å². The van der Waals surface area contributed by atoms with Crippen LogP contribution < -0.4 is 5.73 Å². The molecule has 2 rings (SSSR count). The molecule has 0 bridgehead atoms. The second kappa shape index (κ2) is 3.81. The van der Waals surface area contributed by atoms with Crippen molar-refractivity contribution < 1.29 is 0 Å². The Hall–Kier alpha value is -2.10. The summed E-state index contributed by atoms with van der Waals surface area (Å²) in [6.07, 6.45) is 3.70. The van der Waals surface area contributed by atoms with Crippen LogP contribution in [0.3, 0.4) is 0 Å². The van der Waals surface area contributed by atoms with E-state index in [0.29, 0.717) is 5.56 Å². The molecule has 1 aromatic carbocycles. The Morgan fingerprint density at radius 2 is 2.06 bits per heavy atom. The van der Waals surface area contributed by atoms with Crippen LogP contribution in [0.15, 0.2) is 30.6 Å². The Kier molecular flexibility index (Phi) is 2.48. The maximum absolute atomic E-state index is 7.54. The van der Waals surface area contributed by atoms with E-state index in [1.165, 1.54) is 0 Å². The third-order valence-corrected chi connectivity index (χ3v) is 2.40. The molecule has 1 heterocycles. The Labute approximate surface area is 94.2 Å². The van der Waals surface area contributed by atoms with Crippen LogP contribution in [0.2, 0.25) is 0 Å². The second-order valence-electron chi connectivity index (χ2n) is 3.90. The lowest BCUT2D eigenvalue weighted by molar-refractivity contribution is 0.876. The first kappa shape index (κ1) is 10.4. The van der Waals surface area contributed by atoms with Crippen molar-refractivity contribution in [1.29, 1.82) is 5.41 Å². The van der Waals surface area contributed by atoms with E-state index in [9.17, 15) is 0 Å². The number of hydrogen-bond donors (Lipinski definition) is 2. The van der Waals surface area contributed by atoms with E-state index in [1.807, 2.05) is 38.2 Å². The highest BCUT2D eigenvalue weighted by Gasteiger charge is 2.08. The summed E-state index contributed by atoms with van der Waals surface area (Å²) < 4.78 is 1.75. The van der Waals surface area contributed by atoms with Gasteiger partial charge in [-0.3, -0.25) is 5.41 Å². The lowest BCUT2D eigenvalue weighted by Crippen LogP contribution is -2.15. The largest absolute Gasteiger partial charge is 0.384 e. The zero-order valence-electron chi connectivity index (χ0n) is 9.36. The summed E-state index contributed by atoms with van der Waals surface area (Å²) in [4.78, 5) is 0. The van der Waals surface area contributed by atoms with Crippen LogP contribution in [-0.2, 0) is 0 Å². The van der Waals surface area contributed by atoms with Crippen molar-refractivity contribution in [3.8, 4) is 5.69 Å². The van der Waals surface area contributed by atoms with Crippen LogP contribution in [0.4, 0.5) is 0 Å². The minimum Gasteiger partial charge on any atom is -0.384 e. The minimum absolute atomic E-state index is 0.0585. The van der Waals surface area contributed by atoms with Crippen molar-refractivity contribution in [1.82, 2.24) is 9.78 Å². The van der Waals surface area contributed by atoms with Crippen molar-refractivity contribution in [3.63, 3.8) is 0 Å².